The van der Waals surface area contributed by atoms with Crippen molar-refractivity contribution in [2.24, 2.45) is 5.41 Å². The van der Waals surface area contributed by atoms with Gasteiger partial charge in [0.2, 0.25) is 5.91 Å². The van der Waals surface area contributed by atoms with Crippen LogP contribution in [-0.4, -0.2) is 20.1 Å². The van der Waals surface area contributed by atoms with Crippen LogP contribution in [0.3, 0.4) is 0 Å². The predicted molar refractivity (Wildman–Crippen MR) is 63.7 cm³/mol. The average molecular weight is 230 g/mol. The maximum absolute atomic E-state index is 12.1. The quantitative estimate of drug-likeness (QED) is 0.797. The minimum atomic E-state index is -0.769. The lowest BCUT2D eigenvalue weighted by Gasteiger charge is -2.19. The summed E-state index contributed by atoms with van der Waals surface area (Å²) in [6.07, 6.45) is 1.34. The van der Waals surface area contributed by atoms with E-state index in [0.29, 0.717) is 12.8 Å². The Kier molecular flexibility index (Phi) is 2.76. The summed E-state index contributed by atoms with van der Waals surface area (Å²) in [4.78, 5) is 13.6. The van der Waals surface area contributed by atoms with Crippen LogP contribution in [0.25, 0.3) is 0 Å². The van der Waals surface area contributed by atoms with Gasteiger partial charge in [-0.3, -0.25) is 4.79 Å². The lowest BCUT2D eigenvalue weighted by Crippen LogP contribution is -2.33. The molecular formula is C13H14N2O2. The Morgan fingerprint density at radius 2 is 2.00 bits per heavy atom. The van der Waals surface area contributed by atoms with E-state index in [4.69, 9.17) is 10.00 Å². The fourth-order valence-corrected chi connectivity index (χ4v) is 1.74. The molecule has 0 unspecified atom stereocenters. The number of amides is 1. The van der Waals surface area contributed by atoms with E-state index in [0.717, 1.165) is 11.4 Å². The molecule has 1 aromatic carbocycles. The van der Waals surface area contributed by atoms with Crippen molar-refractivity contribution in [3.05, 3.63) is 24.3 Å². The predicted octanol–water partition coefficient (Wildman–Crippen LogP) is 1.96. The summed E-state index contributed by atoms with van der Waals surface area (Å²) in [5.41, 5.74) is 0.00613. The molecule has 0 atom stereocenters. The number of ether oxygens (including phenoxy) is 1. The standard InChI is InChI=1S/C13H14N2O2/c1-15(12(16)13(9-14)7-8-13)10-3-5-11(17-2)6-4-10/h3-6H,7-8H2,1-2H3. The summed E-state index contributed by atoms with van der Waals surface area (Å²) in [7, 11) is 3.29. The molecular weight excluding hydrogens is 216 g/mol. The van der Waals surface area contributed by atoms with E-state index in [1.165, 1.54) is 4.90 Å². The van der Waals surface area contributed by atoms with Crippen molar-refractivity contribution in [3.63, 3.8) is 0 Å². The molecule has 4 heteroatoms. The summed E-state index contributed by atoms with van der Waals surface area (Å²) in [5.74, 6) is 0.626. The molecule has 0 spiro atoms. The Hall–Kier alpha value is -2.02. The van der Waals surface area contributed by atoms with E-state index in [1.54, 1.807) is 26.3 Å². The molecule has 2 rings (SSSR count). The highest BCUT2D eigenvalue weighted by Gasteiger charge is 2.52. The van der Waals surface area contributed by atoms with Crippen LogP contribution in [0.4, 0.5) is 5.69 Å². The Morgan fingerprint density at radius 1 is 1.41 bits per heavy atom. The summed E-state index contributed by atoms with van der Waals surface area (Å²) >= 11 is 0. The molecule has 0 bridgehead atoms. The van der Waals surface area contributed by atoms with Gasteiger partial charge in [-0.25, -0.2) is 0 Å². The zero-order valence-corrected chi connectivity index (χ0v) is 9.93. The lowest BCUT2D eigenvalue weighted by molar-refractivity contribution is -0.121. The van der Waals surface area contributed by atoms with Crippen LogP contribution in [0.5, 0.6) is 5.75 Å². The number of nitrogens with zero attached hydrogens (tertiary/aromatic N) is 2. The number of benzene rings is 1. The molecule has 4 nitrogen and oxygen atoms in total. The van der Waals surface area contributed by atoms with Gasteiger partial charge in [0.15, 0.2) is 0 Å². The van der Waals surface area contributed by atoms with Crippen molar-refractivity contribution in [2.45, 2.75) is 12.8 Å². The fourth-order valence-electron chi connectivity index (χ4n) is 1.74. The van der Waals surface area contributed by atoms with Gasteiger partial charge in [0, 0.05) is 12.7 Å². The molecule has 1 aliphatic carbocycles. The summed E-state index contributed by atoms with van der Waals surface area (Å²) in [5, 5.41) is 8.99. The molecule has 0 aliphatic heterocycles. The average Bonchev–Trinajstić information content (AvgIpc) is 3.18. The van der Waals surface area contributed by atoms with Crippen molar-refractivity contribution in [3.8, 4) is 11.8 Å². The first-order valence-electron chi connectivity index (χ1n) is 5.46. The molecule has 1 aliphatic rings. The second-order valence-electron chi connectivity index (χ2n) is 4.26. The highest BCUT2D eigenvalue weighted by Crippen LogP contribution is 2.46. The van der Waals surface area contributed by atoms with E-state index in [-0.39, 0.29) is 5.91 Å². The van der Waals surface area contributed by atoms with Crippen molar-refractivity contribution in [1.29, 1.82) is 5.26 Å². The van der Waals surface area contributed by atoms with Gasteiger partial charge >= 0.3 is 0 Å². The van der Waals surface area contributed by atoms with Crippen molar-refractivity contribution >= 4 is 11.6 Å². The Balaban J connectivity index is 2.17. The Bertz CT molecular complexity index is 469. The number of rotatable bonds is 3. The van der Waals surface area contributed by atoms with E-state index in [1.807, 2.05) is 12.1 Å². The van der Waals surface area contributed by atoms with Gasteiger partial charge in [-0.15, -0.1) is 0 Å². The van der Waals surface area contributed by atoms with Gasteiger partial charge in [-0.05, 0) is 37.1 Å². The second-order valence-corrected chi connectivity index (χ2v) is 4.26. The molecule has 1 aromatic rings. The van der Waals surface area contributed by atoms with E-state index < -0.39 is 5.41 Å². The molecule has 0 radical (unpaired) electrons. The first kappa shape index (κ1) is 11.5. The topological polar surface area (TPSA) is 53.3 Å². The minimum absolute atomic E-state index is 0.120. The maximum atomic E-state index is 12.1. The molecule has 1 amide bonds. The first-order chi connectivity index (χ1) is 8.13. The zero-order valence-electron chi connectivity index (χ0n) is 9.93. The number of anilines is 1. The van der Waals surface area contributed by atoms with Crippen LogP contribution < -0.4 is 9.64 Å². The number of hydrogen-bond donors (Lipinski definition) is 0. The zero-order chi connectivity index (χ0) is 12.5. The van der Waals surface area contributed by atoms with Crippen molar-refractivity contribution in [1.82, 2.24) is 0 Å². The van der Waals surface area contributed by atoms with Crippen LogP contribution >= 0.6 is 0 Å². The van der Waals surface area contributed by atoms with Crippen LogP contribution in [0.15, 0.2) is 24.3 Å². The number of nitriles is 1. The van der Waals surface area contributed by atoms with Gasteiger partial charge in [-0.1, -0.05) is 0 Å². The van der Waals surface area contributed by atoms with E-state index in [9.17, 15) is 4.79 Å². The van der Waals surface area contributed by atoms with Crippen LogP contribution in [0.1, 0.15) is 12.8 Å². The van der Waals surface area contributed by atoms with E-state index >= 15 is 0 Å². The maximum Gasteiger partial charge on any atom is 0.247 e. The second kappa shape index (κ2) is 4.10. The fraction of sp³-hybridized carbons (Fsp3) is 0.385. The van der Waals surface area contributed by atoms with Crippen molar-refractivity contribution < 1.29 is 9.53 Å². The van der Waals surface area contributed by atoms with Gasteiger partial charge in [-0.2, -0.15) is 5.26 Å². The summed E-state index contributed by atoms with van der Waals surface area (Å²) < 4.78 is 5.05. The number of carbonyl (C=O) groups excluding carboxylic acids is 1. The van der Waals surface area contributed by atoms with Crippen LogP contribution in [0, 0.1) is 16.7 Å². The minimum Gasteiger partial charge on any atom is -0.497 e. The highest BCUT2D eigenvalue weighted by molar-refractivity contribution is 6.00. The van der Waals surface area contributed by atoms with E-state index in [2.05, 4.69) is 6.07 Å². The van der Waals surface area contributed by atoms with Gasteiger partial charge < -0.3 is 9.64 Å². The Morgan fingerprint density at radius 3 is 2.41 bits per heavy atom. The molecule has 0 saturated heterocycles. The molecule has 1 saturated carbocycles. The smallest absolute Gasteiger partial charge is 0.247 e. The first-order valence-corrected chi connectivity index (χ1v) is 5.46. The Labute approximate surface area is 100 Å². The van der Waals surface area contributed by atoms with Gasteiger partial charge in [0.05, 0.1) is 13.2 Å². The molecule has 0 heterocycles. The molecule has 1 fully saturated rings. The molecule has 0 aromatic heterocycles. The normalized spacial score (nSPS) is 15.8. The van der Waals surface area contributed by atoms with Gasteiger partial charge in [0.25, 0.3) is 0 Å². The molecule has 17 heavy (non-hydrogen) atoms. The third-order valence-corrected chi connectivity index (χ3v) is 3.14. The molecule has 88 valence electrons. The summed E-state index contributed by atoms with van der Waals surface area (Å²) in [6, 6.07) is 9.32. The molecule has 0 N–H and O–H groups in total. The van der Waals surface area contributed by atoms with Crippen molar-refractivity contribution in [2.75, 3.05) is 19.1 Å². The SMILES string of the molecule is COc1ccc(N(C)C(=O)C2(C#N)CC2)cc1. The largest absolute Gasteiger partial charge is 0.497 e. The summed E-state index contributed by atoms with van der Waals surface area (Å²) in [6.45, 7) is 0. The third-order valence-electron chi connectivity index (χ3n) is 3.14. The van der Waals surface area contributed by atoms with Crippen LogP contribution in [0.2, 0.25) is 0 Å². The van der Waals surface area contributed by atoms with Crippen LogP contribution in [-0.2, 0) is 4.79 Å². The monoisotopic (exact) mass is 230 g/mol. The number of hydrogen-bond acceptors (Lipinski definition) is 3. The third kappa shape index (κ3) is 1.96. The number of methoxy groups -OCH3 is 1. The number of carbonyl (C=O) groups is 1. The lowest BCUT2D eigenvalue weighted by atomic mass is 10.1. The van der Waals surface area contributed by atoms with Gasteiger partial charge in [0.1, 0.15) is 11.2 Å². The highest BCUT2D eigenvalue weighted by atomic mass is 16.5.